The van der Waals surface area contributed by atoms with E-state index in [9.17, 15) is 9.18 Å². The minimum atomic E-state index is -0.432. The number of carbonyl (C=O) groups excluding carboxylic acids is 1. The average Bonchev–Trinajstić information content (AvgIpc) is 3.32. The lowest BCUT2D eigenvalue weighted by Gasteiger charge is -2.31. The molecule has 4 heterocycles. The van der Waals surface area contributed by atoms with Crippen molar-refractivity contribution < 1.29 is 13.9 Å². The Morgan fingerprint density at radius 2 is 2.13 bits per heavy atom. The summed E-state index contributed by atoms with van der Waals surface area (Å²) in [7, 11) is 0. The van der Waals surface area contributed by atoms with Crippen LogP contribution in [0.5, 0.6) is 0 Å². The molecule has 0 spiro atoms. The fraction of sp³-hybridized carbons (Fsp3) is 0.381. The monoisotopic (exact) mass is 423 g/mol. The van der Waals surface area contributed by atoms with E-state index in [2.05, 4.69) is 25.5 Å². The second-order valence-corrected chi connectivity index (χ2v) is 7.77. The van der Waals surface area contributed by atoms with Gasteiger partial charge in [0.2, 0.25) is 5.91 Å². The molecule has 0 unspecified atom stereocenters. The molecular weight excluding hydrogens is 401 g/mol. The summed E-state index contributed by atoms with van der Waals surface area (Å²) < 4.78 is 20.1. The lowest BCUT2D eigenvalue weighted by Crippen LogP contribution is -2.40. The number of anilines is 2. The van der Waals surface area contributed by atoms with Crippen molar-refractivity contribution in [3.05, 3.63) is 36.5 Å². The van der Waals surface area contributed by atoms with Crippen molar-refractivity contribution in [3.63, 3.8) is 0 Å². The second kappa shape index (κ2) is 8.38. The maximum atomic E-state index is 14.7. The van der Waals surface area contributed by atoms with Gasteiger partial charge in [0.05, 0.1) is 24.0 Å². The van der Waals surface area contributed by atoms with E-state index in [1.165, 1.54) is 12.4 Å². The minimum Gasteiger partial charge on any atom is -0.381 e. The SMILES string of the molecule is O=C1CN(CCC2CCOCC2)c2nc(-c3ccc(-c4nnc[nH]4)c(F)c3)cnc2N1. The van der Waals surface area contributed by atoms with Gasteiger partial charge in [-0.15, -0.1) is 10.2 Å². The third kappa shape index (κ3) is 4.11. The third-order valence-corrected chi connectivity index (χ3v) is 5.73. The first kappa shape index (κ1) is 19.6. The number of hydrogen-bond acceptors (Lipinski definition) is 7. The standard InChI is InChI=1S/C21H22FN7O2/c22-16-9-14(1-2-15(16)19-24-12-25-28-19)17-10-23-20-21(26-17)29(11-18(30)27-20)6-3-13-4-7-31-8-5-13/h1-2,9-10,12-13H,3-8,11H2,(H,23,27,30)(H,24,25,28). The summed E-state index contributed by atoms with van der Waals surface area (Å²) >= 11 is 0. The van der Waals surface area contributed by atoms with Crippen molar-refractivity contribution >= 4 is 17.5 Å². The molecule has 5 rings (SSSR count). The normalized spacial score (nSPS) is 16.8. The zero-order valence-electron chi connectivity index (χ0n) is 16.8. The Bertz CT molecular complexity index is 1080. The van der Waals surface area contributed by atoms with Gasteiger partial charge in [0.15, 0.2) is 17.5 Å². The van der Waals surface area contributed by atoms with E-state index in [1.807, 2.05) is 4.90 Å². The first-order valence-corrected chi connectivity index (χ1v) is 10.3. The fourth-order valence-corrected chi connectivity index (χ4v) is 4.01. The zero-order chi connectivity index (χ0) is 21.2. The number of aromatic amines is 1. The van der Waals surface area contributed by atoms with E-state index >= 15 is 0 Å². The van der Waals surface area contributed by atoms with E-state index in [0.29, 0.717) is 46.7 Å². The molecule has 10 heteroatoms. The van der Waals surface area contributed by atoms with Gasteiger partial charge in [-0.25, -0.2) is 14.4 Å². The Hall–Kier alpha value is -3.40. The van der Waals surface area contributed by atoms with E-state index in [0.717, 1.165) is 32.5 Å². The van der Waals surface area contributed by atoms with Gasteiger partial charge in [-0.1, -0.05) is 6.07 Å². The zero-order valence-corrected chi connectivity index (χ0v) is 16.8. The minimum absolute atomic E-state index is 0.107. The van der Waals surface area contributed by atoms with Gasteiger partial charge in [0.25, 0.3) is 0 Å². The van der Waals surface area contributed by atoms with Gasteiger partial charge >= 0.3 is 0 Å². The van der Waals surface area contributed by atoms with Crippen LogP contribution in [0.2, 0.25) is 0 Å². The van der Waals surface area contributed by atoms with Crippen molar-refractivity contribution in [1.82, 2.24) is 25.1 Å². The number of halogens is 1. The summed E-state index contributed by atoms with van der Waals surface area (Å²) in [5.41, 5.74) is 1.46. The molecule has 3 aromatic rings. The molecule has 1 aromatic carbocycles. The van der Waals surface area contributed by atoms with Gasteiger partial charge in [0, 0.05) is 25.3 Å². The number of carbonyl (C=O) groups is 1. The molecule has 1 amide bonds. The molecule has 160 valence electrons. The largest absolute Gasteiger partial charge is 0.381 e. The number of H-pyrrole nitrogens is 1. The summed E-state index contributed by atoms with van der Waals surface area (Å²) in [5, 5.41) is 10.3. The molecule has 2 aliphatic heterocycles. The van der Waals surface area contributed by atoms with Crippen LogP contribution in [0.4, 0.5) is 16.0 Å². The lowest BCUT2D eigenvalue weighted by atomic mass is 9.96. The molecule has 9 nitrogen and oxygen atoms in total. The summed E-state index contributed by atoms with van der Waals surface area (Å²) in [6.07, 6.45) is 5.98. The molecule has 0 radical (unpaired) electrons. The smallest absolute Gasteiger partial charge is 0.245 e. The van der Waals surface area contributed by atoms with Crippen LogP contribution >= 0.6 is 0 Å². The Balaban J connectivity index is 1.40. The maximum absolute atomic E-state index is 14.7. The van der Waals surface area contributed by atoms with Gasteiger partial charge < -0.3 is 19.9 Å². The van der Waals surface area contributed by atoms with E-state index in [-0.39, 0.29) is 12.5 Å². The van der Waals surface area contributed by atoms with Crippen molar-refractivity contribution in [2.45, 2.75) is 19.3 Å². The summed E-state index contributed by atoms with van der Waals surface area (Å²) in [4.78, 5) is 26.0. The second-order valence-electron chi connectivity index (χ2n) is 7.77. The highest BCUT2D eigenvalue weighted by atomic mass is 19.1. The number of fused-ring (bicyclic) bond motifs is 1. The van der Waals surface area contributed by atoms with Gasteiger partial charge in [-0.05, 0) is 37.3 Å². The highest BCUT2D eigenvalue weighted by Crippen LogP contribution is 2.31. The van der Waals surface area contributed by atoms with Crippen LogP contribution in [0.15, 0.2) is 30.7 Å². The Labute approximate surface area is 178 Å². The average molecular weight is 423 g/mol. The van der Waals surface area contributed by atoms with Crippen molar-refractivity contribution in [3.8, 4) is 22.6 Å². The van der Waals surface area contributed by atoms with Crippen LogP contribution in [0.1, 0.15) is 19.3 Å². The number of nitrogens with one attached hydrogen (secondary N) is 2. The quantitative estimate of drug-likeness (QED) is 0.649. The first-order chi connectivity index (χ1) is 15.2. The molecule has 1 saturated heterocycles. The number of amides is 1. The number of ether oxygens (including phenoxy) is 1. The predicted molar refractivity (Wildman–Crippen MR) is 112 cm³/mol. The van der Waals surface area contributed by atoms with Crippen molar-refractivity contribution in [2.75, 3.05) is 36.5 Å². The third-order valence-electron chi connectivity index (χ3n) is 5.73. The van der Waals surface area contributed by atoms with Crippen molar-refractivity contribution in [1.29, 1.82) is 0 Å². The molecule has 31 heavy (non-hydrogen) atoms. The molecule has 1 fully saturated rings. The predicted octanol–water partition coefficient (Wildman–Crippen LogP) is 2.64. The highest BCUT2D eigenvalue weighted by molar-refractivity contribution is 5.99. The molecular formula is C21H22FN7O2. The fourth-order valence-electron chi connectivity index (χ4n) is 4.01. The van der Waals surface area contributed by atoms with Crippen LogP contribution in [0, 0.1) is 11.7 Å². The van der Waals surface area contributed by atoms with Crippen LogP contribution < -0.4 is 10.2 Å². The van der Waals surface area contributed by atoms with Gasteiger partial charge in [-0.2, -0.15) is 0 Å². The Kier molecular flexibility index (Phi) is 5.29. The lowest BCUT2D eigenvalue weighted by molar-refractivity contribution is -0.115. The van der Waals surface area contributed by atoms with Crippen LogP contribution in [-0.2, 0) is 9.53 Å². The molecule has 0 bridgehead atoms. The summed E-state index contributed by atoms with van der Waals surface area (Å²) in [6, 6.07) is 4.81. The van der Waals surface area contributed by atoms with Crippen LogP contribution in [0.25, 0.3) is 22.6 Å². The first-order valence-electron chi connectivity index (χ1n) is 10.3. The number of nitrogens with zero attached hydrogens (tertiary/aromatic N) is 5. The Morgan fingerprint density at radius 3 is 2.90 bits per heavy atom. The van der Waals surface area contributed by atoms with Crippen LogP contribution in [-0.4, -0.2) is 57.4 Å². The van der Waals surface area contributed by atoms with Crippen LogP contribution in [0.3, 0.4) is 0 Å². The topological polar surface area (TPSA) is 109 Å². The maximum Gasteiger partial charge on any atom is 0.245 e. The molecule has 0 aliphatic carbocycles. The summed E-state index contributed by atoms with van der Waals surface area (Å²) in [5.74, 6) is 1.45. The number of hydrogen-bond donors (Lipinski definition) is 2. The highest BCUT2D eigenvalue weighted by Gasteiger charge is 2.26. The summed E-state index contributed by atoms with van der Waals surface area (Å²) in [6.45, 7) is 2.53. The van der Waals surface area contributed by atoms with E-state index < -0.39 is 5.82 Å². The molecule has 0 saturated carbocycles. The molecule has 2 aliphatic rings. The van der Waals surface area contributed by atoms with E-state index in [1.54, 1.807) is 18.3 Å². The Morgan fingerprint density at radius 1 is 1.26 bits per heavy atom. The van der Waals surface area contributed by atoms with Gasteiger partial charge in [0.1, 0.15) is 12.1 Å². The number of rotatable bonds is 5. The number of benzene rings is 1. The van der Waals surface area contributed by atoms with E-state index in [4.69, 9.17) is 9.72 Å². The molecule has 2 N–H and O–H groups in total. The van der Waals surface area contributed by atoms with Gasteiger partial charge in [-0.3, -0.25) is 4.79 Å². The molecule has 2 aromatic heterocycles. The molecule has 0 atom stereocenters. The number of aromatic nitrogens is 5. The van der Waals surface area contributed by atoms with Crippen molar-refractivity contribution in [2.24, 2.45) is 5.92 Å².